The lowest BCUT2D eigenvalue weighted by molar-refractivity contribution is -0.150. The Hall–Kier alpha value is -2.90. The largest absolute Gasteiger partial charge is 0.454 e. The first-order valence-corrected chi connectivity index (χ1v) is 9.40. The summed E-state index contributed by atoms with van der Waals surface area (Å²) in [4.78, 5) is 49.3. The van der Waals surface area contributed by atoms with Crippen molar-refractivity contribution in [3.05, 3.63) is 29.8 Å². The number of hydrogen-bond donors (Lipinski definition) is 2. The van der Waals surface area contributed by atoms with Crippen LogP contribution in [0.2, 0.25) is 0 Å². The first-order chi connectivity index (χ1) is 13.2. The number of amides is 4. The van der Waals surface area contributed by atoms with Gasteiger partial charge >= 0.3 is 12.0 Å². The van der Waals surface area contributed by atoms with Crippen molar-refractivity contribution in [2.75, 3.05) is 18.5 Å². The second kappa shape index (κ2) is 7.61. The fraction of sp³-hybridized carbons (Fsp3) is 0.500. The number of urea groups is 1. The van der Waals surface area contributed by atoms with Crippen LogP contribution in [0.15, 0.2) is 24.3 Å². The molecule has 2 aliphatic rings. The van der Waals surface area contributed by atoms with Crippen LogP contribution in [-0.2, 0) is 19.1 Å². The van der Waals surface area contributed by atoms with Gasteiger partial charge in [0, 0.05) is 5.69 Å². The zero-order valence-electron chi connectivity index (χ0n) is 16.3. The number of anilines is 1. The van der Waals surface area contributed by atoms with Crippen LogP contribution < -0.4 is 10.6 Å². The van der Waals surface area contributed by atoms with Gasteiger partial charge in [-0.05, 0) is 49.3 Å². The zero-order valence-corrected chi connectivity index (χ0v) is 16.3. The molecule has 1 heterocycles. The van der Waals surface area contributed by atoms with Crippen LogP contribution in [-0.4, -0.2) is 47.4 Å². The summed E-state index contributed by atoms with van der Waals surface area (Å²) in [6.45, 7) is 4.82. The van der Waals surface area contributed by atoms with E-state index in [0.717, 1.165) is 23.3 Å². The predicted molar refractivity (Wildman–Crippen MR) is 101 cm³/mol. The third-order valence-corrected chi connectivity index (χ3v) is 5.21. The van der Waals surface area contributed by atoms with Crippen molar-refractivity contribution in [1.82, 2.24) is 10.2 Å². The lowest BCUT2D eigenvalue weighted by atomic mass is 9.96. The van der Waals surface area contributed by atoms with Gasteiger partial charge < -0.3 is 15.4 Å². The van der Waals surface area contributed by atoms with E-state index in [1.807, 2.05) is 12.1 Å². The van der Waals surface area contributed by atoms with Gasteiger partial charge in [0.25, 0.3) is 11.8 Å². The van der Waals surface area contributed by atoms with Crippen molar-refractivity contribution >= 4 is 29.5 Å². The molecule has 8 heteroatoms. The molecule has 0 radical (unpaired) electrons. The molecule has 8 nitrogen and oxygen atoms in total. The lowest BCUT2D eigenvalue weighted by Crippen LogP contribution is -2.46. The Bertz CT molecular complexity index is 801. The summed E-state index contributed by atoms with van der Waals surface area (Å²) < 4.78 is 4.92. The highest BCUT2D eigenvalue weighted by atomic mass is 16.5. The predicted octanol–water partition coefficient (Wildman–Crippen LogP) is 2.01. The van der Waals surface area contributed by atoms with Gasteiger partial charge in [0.15, 0.2) is 6.61 Å². The number of nitrogens with one attached hydrogen (secondary N) is 2. The summed E-state index contributed by atoms with van der Waals surface area (Å²) >= 11 is 0. The summed E-state index contributed by atoms with van der Waals surface area (Å²) in [6, 6.07) is 6.79. The van der Waals surface area contributed by atoms with E-state index in [4.69, 9.17) is 4.74 Å². The quantitative estimate of drug-likeness (QED) is 0.550. The van der Waals surface area contributed by atoms with E-state index in [-0.39, 0.29) is 5.92 Å². The third kappa shape index (κ3) is 4.16. The van der Waals surface area contributed by atoms with Gasteiger partial charge in [-0.2, -0.15) is 0 Å². The van der Waals surface area contributed by atoms with Crippen molar-refractivity contribution < 1.29 is 23.9 Å². The van der Waals surface area contributed by atoms with Crippen LogP contribution >= 0.6 is 0 Å². The van der Waals surface area contributed by atoms with Gasteiger partial charge in [0.1, 0.15) is 12.1 Å². The van der Waals surface area contributed by atoms with E-state index in [2.05, 4.69) is 24.5 Å². The van der Waals surface area contributed by atoms with Gasteiger partial charge in [-0.3, -0.25) is 19.3 Å². The minimum absolute atomic E-state index is 0.109. The standard InChI is InChI=1S/C20H25N3O5/c1-12(2)13-4-8-15(9-5-13)21-16(24)11-28-17(25)10-23-18(26)20(3,14-6-7-14)22-19(23)27/h4-5,8-9,12,14H,6-7,10-11H2,1-3H3,(H,21,24)(H,22,27)/t20-/m1/s1. The molecular formula is C20H25N3O5. The Labute approximate surface area is 163 Å². The van der Waals surface area contributed by atoms with Crippen molar-refractivity contribution in [2.24, 2.45) is 5.92 Å². The third-order valence-electron chi connectivity index (χ3n) is 5.21. The average molecular weight is 387 g/mol. The first kappa shape index (κ1) is 19.9. The maximum absolute atomic E-state index is 12.5. The molecule has 0 unspecified atom stereocenters. The zero-order chi connectivity index (χ0) is 20.5. The number of benzene rings is 1. The molecule has 1 aliphatic heterocycles. The SMILES string of the molecule is CC(C)c1ccc(NC(=O)COC(=O)CN2C(=O)N[C@](C)(C3CC3)C2=O)cc1. The van der Waals surface area contributed by atoms with Crippen LogP contribution in [0.3, 0.4) is 0 Å². The second-order valence-corrected chi connectivity index (χ2v) is 7.78. The maximum atomic E-state index is 12.5. The molecule has 1 saturated heterocycles. The fourth-order valence-corrected chi connectivity index (χ4v) is 3.27. The van der Waals surface area contributed by atoms with Gasteiger partial charge in [0.2, 0.25) is 0 Å². The highest BCUT2D eigenvalue weighted by molar-refractivity contribution is 6.09. The molecule has 0 spiro atoms. The number of esters is 1. The van der Waals surface area contributed by atoms with E-state index in [9.17, 15) is 19.2 Å². The Balaban J connectivity index is 1.47. The normalized spacial score (nSPS) is 21.6. The van der Waals surface area contributed by atoms with E-state index in [0.29, 0.717) is 11.6 Å². The Morgan fingerprint density at radius 3 is 2.46 bits per heavy atom. The van der Waals surface area contributed by atoms with Crippen molar-refractivity contribution in [3.63, 3.8) is 0 Å². The van der Waals surface area contributed by atoms with E-state index >= 15 is 0 Å². The maximum Gasteiger partial charge on any atom is 0.326 e. The molecule has 1 atom stereocenters. The van der Waals surface area contributed by atoms with E-state index in [1.165, 1.54) is 0 Å². The number of carbonyl (C=O) groups is 4. The first-order valence-electron chi connectivity index (χ1n) is 9.40. The van der Waals surface area contributed by atoms with Crippen LogP contribution in [0, 0.1) is 5.92 Å². The second-order valence-electron chi connectivity index (χ2n) is 7.78. The summed E-state index contributed by atoms with van der Waals surface area (Å²) in [5.74, 6) is -1.23. The molecule has 0 aromatic heterocycles. The Morgan fingerprint density at radius 1 is 1.25 bits per heavy atom. The molecule has 1 saturated carbocycles. The van der Waals surface area contributed by atoms with Gasteiger partial charge in [0.05, 0.1) is 0 Å². The van der Waals surface area contributed by atoms with Crippen molar-refractivity contribution in [2.45, 2.75) is 45.1 Å². The smallest absolute Gasteiger partial charge is 0.326 e. The molecule has 2 fully saturated rings. The summed E-state index contributed by atoms with van der Waals surface area (Å²) in [7, 11) is 0. The minimum Gasteiger partial charge on any atom is -0.454 e. The molecule has 1 aromatic rings. The summed E-state index contributed by atoms with van der Waals surface area (Å²) in [6.07, 6.45) is 1.75. The number of rotatable bonds is 7. The number of nitrogens with zero attached hydrogens (tertiary/aromatic N) is 1. The molecule has 4 amide bonds. The number of ether oxygens (including phenoxy) is 1. The molecule has 0 bridgehead atoms. The molecule has 2 N–H and O–H groups in total. The Morgan fingerprint density at radius 2 is 1.89 bits per heavy atom. The van der Waals surface area contributed by atoms with Gasteiger partial charge in [-0.15, -0.1) is 0 Å². The van der Waals surface area contributed by atoms with Crippen molar-refractivity contribution in [1.29, 1.82) is 0 Å². The number of carbonyl (C=O) groups excluding carboxylic acids is 4. The van der Waals surface area contributed by atoms with Crippen LogP contribution in [0.5, 0.6) is 0 Å². The number of hydrogen-bond acceptors (Lipinski definition) is 5. The van der Waals surface area contributed by atoms with Crippen LogP contribution in [0.1, 0.15) is 45.1 Å². The average Bonchev–Trinajstić information content (AvgIpc) is 3.47. The summed E-state index contributed by atoms with van der Waals surface area (Å²) in [5, 5.41) is 5.29. The lowest BCUT2D eigenvalue weighted by Gasteiger charge is -2.20. The Kier molecular flexibility index (Phi) is 5.40. The van der Waals surface area contributed by atoms with Crippen LogP contribution in [0.4, 0.5) is 10.5 Å². The highest BCUT2D eigenvalue weighted by Crippen LogP contribution is 2.42. The molecule has 1 aromatic carbocycles. The molecule has 3 rings (SSSR count). The monoisotopic (exact) mass is 387 g/mol. The molecule has 150 valence electrons. The van der Waals surface area contributed by atoms with Gasteiger partial charge in [-0.1, -0.05) is 26.0 Å². The highest BCUT2D eigenvalue weighted by Gasteiger charge is 2.56. The number of imide groups is 1. The van der Waals surface area contributed by atoms with Crippen molar-refractivity contribution in [3.8, 4) is 0 Å². The van der Waals surface area contributed by atoms with E-state index < -0.39 is 42.5 Å². The molecule has 28 heavy (non-hydrogen) atoms. The molecule has 1 aliphatic carbocycles. The summed E-state index contributed by atoms with van der Waals surface area (Å²) in [5.41, 5.74) is 0.799. The minimum atomic E-state index is -0.948. The van der Waals surface area contributed by atoms with E-state index in [1.54, 1.807) is 19.1 Å². The van der Waals surface area contributed by atoms with Gasteiger partial charge in [-0.25, -0.2) is 4.79 Å². The topological polar surface area (TPSA) is 105 Å². The van der Waals surface area contributed by atoms with Crippen LogP contribution in [0.25, 0.3) is 0 Å². The fourth-order valence-electron chi connectivity index (χ4n) is 3.27. The molecular weight excluding hydrogens is 362 g/mol.